The van der Waals surface area contributed by atoms with E-state index in [-0.39, 0.29) is 18.6 Å². The molecule has 4 nitrogen and oxygen atoms in total. The van der Waals surface area contributed by atoms with Crippen LogP contribution >= 0.6 is 11.3 Å². The van der Waals surface area contributed by atoms with Crippen LogP contribution in [0.3, 0.4) is 0 Å². The van der Waals surface area contributed by atoms with Gasteiger partial charge in [-0.25, -0.2) is 4.98 Å². The van der Waals surface area contributed by atoms with Gasteiger partial charge in [-0.2, -0.15) is 0 Å². The number of ether oxygens (including phenoxy) is 1. The number of carboxylic acid groups (broad SMARTS) is 1. The van der Waals surface area contributed by atoms with E-state index < -0.39 is 5.97 Å². The van der Waals surface area contributed by atoms with Crippen LogP contribution in [0.4, 0.5) is 0 Å². The zero-order chi connectivity index (χ0) is 14.8. The van der Waals surface area contributed by atoms with Gasteiger partial charge in [0.2, 0.25) is 0 Å². The second kappa shape index (κ2) is 5.95. The van der Waals surface area contributed by atoms with Gasteiger partial charge in [-0.3, -0.25) is 4.79 Å². The molecule has 2 aromatic rings. The van der Waals surface area contributed by atoms with E-state index >= 15 is 0 Å². The quantitative estimate of drug-likeness (QED) is 0.936. The Balaban J connectivity index is 1.97. The van der Waals surface area contributed by atoms with Crippen molar-refractivity contribution in [2.75, 3.05) is 0 Å². The van der Waals surface area contributed by atoms with Crippen molar-refractivity contribution in [1.82, 2.24) is 4.98 Å². The van der Waals surface area contributed by atoms with Gasteiger partial charge < -0.3 is 9.84 Å². The van der Waals surface area contributed by atoms with Gasteiger partial charge in [0.25, 0.3) is 0 Å². The average Bonchev–Trinajstić information content (AvgIpc) is 3.06. The van der Waals surface area contributed by atoms with Crippen LogP contribution in [0.1, 0.15) is 35.8 Å². The fraction of sp³-hybridized carbons (Fsp3) is 0.375. The number of benzene rings is 1. The minimum atomic E-state index is -0.830. The van der Waals surface area contributed by atoms with Crippen molar-refractivity contribution < 1.29 is 14.6 Å². The maximum Gasteiger partial charge on any atom is 0.308 e. The number of hydrogen-bond acceptors (Lipinski definition) is 4. The fourth-order valence-corrected chi connectivity index (χ4v) is 3.72. The zero-order valence-corrected chi connectivity index (χ0v) is 12.6. The van der Waals surface area contributed by atoms with Gasteiger partial charge in [0, 0.05) is 10.4 Å². The predicted octanol–water partition coefficient (Wildman–Crippen LogP) is 3.68. The summed E-state index contributed by atoms with van der Waals surface area (Å²) in [6, 6.07) is 9.74. The van der Waals surface area contributed by atoms with Crippen LogP contribution in [-0.4, -0.2) is 22.2 Å². The molecule has 1 N–H and O–H groups in total. The predicted molar refractivity (Wildman–Crippen MR) is 81.4 cm³/mol. The lowest BCUT2D eigenvalue weighted by Gasteiger charge is -2.06. The van der Waals surface area contributed by atoms with Gasteiger partial charge in [0.05, 0.1) is 18.2 Å². The highest BCUT2D eigenvalue weighted by Crippen LogP contribution is 2.38. The smallest absolute Gasteiger partial charge is 0.308 e. The molecule has 2 atom stereocenters. The number of aliphatic carboxylic acids is 1. The summed E-state index contributed by atoms with van der Waals surface area (Å²) in [4.78, 5) is 16.6. The second-order valence-corrected chi connectivity index (χ2v) is 6.39. The Morgan fingerprint density at radius 2 is 2.14 bits per heavy atom. The van der Waals surface area contributed by atoms with E-state index in [1.54, 1.807) is 0 Å². The van der Waals surface area contributed by atoms with Crippen molar-refractivity contribution >= 4 is 17.3 Å². The molecular formula is C16H17NO3S. The number of aromatic nitrogens is 1. The summed E-state index contributed by atoms with van der Waals surface area (Å²) in [6.45, 7) is 2.06. The van der Waals surface area contributed by atoms with Gasteiger partial charge in [0.15, 0.2) is 0 Å². The van der Waals surface area contributed by atoms with Crippen molar-refractivity contribution in [2.24, 2.45) is 0 Å². The van der Waals surface area contributed by atoms with Crippen LogP contribution in [-0.2, 0) is 16.0 Å². The number of carboxylic acids is 1. The first-order chi connectivity index (χ1) is 10.1. The topological polar surface area (TPSA) is 59.4 Å². The molecule has 0 radical (unpaired) electrons. The molecule has 1 saturated heterocycles. The molecule has 0 aliphatic carbocycles. The third-order valence-corrected chi connectivity index (χ3v) is 4.73. The van der Waals surface area contributed by atoms with E-state index in [1.807, 2.05) is 30.3 Å². The third-order valence-electron chi connectivity index (χ3n) is 3.58. The molecule has 1 aromatic heterocycles. The summed E-state index contributed by atoms with van der Waals surface area (Å²) < 4.78 is 5.86. The third kappa shape index (κ3) is 3.14. The molecule has 5 heteroatoms. The molecule has 3 rings (SSSR count). The molecule has 21 heavy (non-hydrogen) atoms. The van der Waals surface area contributed by atoms with E-state index in [0.717, 1.165) is 34.0 Å². The second-order valence-electron chi connectivity index (χ2n) is 5.27. The van der Waals surface area contributed by atoms with E-state index in [1.165, 1.54) is 11.3 Å². The summed E-state index contributed by atoms with van der Waals surface area (Å²) in [5.74, 6) is -0.830. The molecule has 0 amide bonds. The van der Waals surface area contributed by atoms with Gasteiger partial charge in [-0.05, 0) is 19.8 Å². The van der Waals surface area contributed by atoms with Crippen molar-refractivity contribution in [3.8, 4) is 11.3 Å². The molecule has 1 aliphatic rings. The largest absolute Gasteiger partial charge is 0.481 e. The maximum absolute atomic E-state index is 11.1. The van der Waals surface area contributed by atoms with Crippen LogP contribution < -0.4 is 0 Å². The Bertz CT molecular complexity index is 638. The molecule has 2 unspecified atom stereocenters. The number of rotatable bonds is 4. The number of hydrogen-bond donors (Lipinski definition) is 1. The molecule has 0 spiro atoms. The van der Waals surface area contributed by atoms with Crippen LogP contribution in [0.15, 0.2) is 30.3 Å². The fourth-order valence-electron chi connectivity index (χ4n) is 2.57. The highest BCUT2D eigenvalue weighted by atomic mass is 32.1. The lowest BCUT2D eigenvalue weighted by Crippen LogP contribution is -2.00. The molecule has 110 valence electrons. The van der Waals surface area contributed by atoms with Gasteiger partial charge in [-0.15, -0.1) is 11.3 Å². The van der Waals surface area contributed by atoms with Crippen LogP contribution in [0, 0.1) is 0 Å². The summed E-state index contributed by atoms with van der Waals surface area (Å²) >= 11 is 1.47. The first-order valence-electron chi connectivity index (χ1n) is 7.05. The van der Waals surface area contributed by atoms with E-state index in [4.69, 9.17) is 9.84 Å². The SMILES string of the molecule is CC1CCC(c2nc(-c3ccccc3)c(CC(=O)O)s2)O1. The summed E-state index contributed by atoms with van der Waals surface area (Å²) in [6.07, 6.45) is 2.25. The monoisotopic (exact) mass is 303 g/mol. The van der Waals surface area contributed by atoms with E-state index in [2.05, 4.69) is 11.9 Å². The van der Waals surface area contributed by atoms with Gasteiger partial charge in [-0.1, -0.05) is 30.3 Å². The molecule has 0 bridgehead atoms. The average molecular weight is 303 g/mol. The molecule has 0 saturated carbocycles. The van der Waals surface area contributed by atoms with Gasteiger partial charge >= 0.3 is 5.97 Å². The first kappa shape index (κ1) is 14.2. The first-order valence-corrected chi connectivity index (χ1v) is 7.87. The minimum absolute atomic E-state index is 0.00413. The van der Waals surface area contributed by atoms with Crippen LogP contribution in [0.2, 0.25) is 0 Å². The number of nitrogens with zero attached hydrogens (tertiary/aromatic N) is 1. The van der Waals surface area contributed by atoms with Crippen molar-refractivity contribution in [1.29, 1.82) is 0 Å². The number of carbonyl (C=O) groups is 1. The highest BCUT2D eigenvalue weighted by Gasteiger charge is 2.28. The van der Waals surface area contributed by atoms with Crippen molar-refractivity contribution in [3.63, 3.8) is 0 Å². The standard InChI is InChI=1S/C16H17NO3S/c1-10-7-8-12(20-10)16-17-15(11-5-3-2-4-6-11)13(21-16)9-14(18)19/h2-6,10,12H,7-9H2,1H3,(H,18,19). The number of thiazole rings is 1. The Morgan fingerprint density at radius 3 is 2.76 bits per heavy atom. The molecule has 2 heterocycles. The molecule has 1 fully saturated rings. The maximum atomic E-state index is 11.1. The van der Waals surface area contributed by atoms with Crippen molar-refractivity contribution in [3.05, 3.63) is 40.2 Å². The summed E-state index contributed by atoms with van der Waals surface area (Å²) in [5.41, 5.74) is 1.74. The molecule has 1 aromatic carbocycles. The van der Waals surface area contributed by atoms with Gasteiger partial charge in [0.1, 0.15) is 11.1 Å². The van der Waals surface area contributed by atoms with Crippen molar-refractivity contribution in [2.45, 2.75) is 38.4 Å². The Kier molecular flexibility index (Phi) is 4.03. The lowest BCUT2D eigenvalue weighted by atomic mass is 10.1. The normalized spacial score (nSPS) is 21.6. The zero-order valence-electron chi connectivity index (χ0n) is 11.8. The highest BCUT2D eigenvalue weighted by molar-refractivity contribution is 7.12. The van der Waals surface area contributed by atoms with E-state index in [9.17, 15) is 4.79 Å². The van der Waals surface area contributed by atoms with Crippen LogP contribution in [0.25, 0.3) is 11.3 Å². The van der Waals surface area contributed by atoms with E-state index in [0.29, 0.717) is 0 Å². The molecule has 1 aliphatic heterocycles. The Hall–Kier alpha value is -1.72. The Morgan fingerprint density at radius 1 is 1.38 bits per heavy atom. The minimum Gasteiger partial charge on any atom is -0.481 e. The summed E-state index contributed by atoms with van der Waals surface area (Å²) in [5, 5.41) is 10.0. The molecular weight excluding hydrogens is 286 g/mol. The lowest BCUT2D eigenvalue weighted by molar-refractivity contribution is -0.136. The Labute approximate surface area is 127 Å². The van der Waals surface area contributed by atoms with Crippen LogP contribution in [0.5, 0.6) is 0 Å². The summed E-state index contributed by atoms with van der Waals surface area (Å²) in [7, 11) is 0.